The molecule has 0 fully saturated rings. The van der Waals surface area contributed by atoms with Gasteiger partial charge in [-0.3, -0.25) is 4.57 Å². The van der Waals surface area contributed by atoms with Crippen molar-refractivity contribution >= 4 is 21.8 Å². The van der Waals surface area contributed by atoms with Crippen LogP contribution in [0.3, 0.4) is 0 Å². The number of para-hydroxylation sites is 1. The van der Waals surface area contributed by atoms with Crippen LogP contribution in [0.1, 0.15) is 62.8 Å². The first-order valence-electron chi connectivity index (χ1n) is 16.0. The van der Waals surface area contributed by atoms with E-state index in [0.29, 0.717) is 5.92 Å². The Morgan fingerprint density at radius 1 is 0.739 bits per heavy atom. The normalized spacial score (nSPS) is 12.0. The van der Waals surface area contributed by atoms with E-state index in [-0.39, 0.29) is 5.41 Å². The third kappa shape index (κ3) is 5.36. The standard InChI is InChI=1S/C41H40N4O/c1-26(2)29-17-18-42-39(21-29)45-37-14-9-8-13-35(37)36-16-15-34(23-38(36)45)46-33-12-10-11-32(22-33)44-25-30(24-43-44)40-27(3)19-31(20-28(40)4)41(5,6)7/h8-26H,1-7H3. The number of aryl methyl sites for hydroxylation is 2. The quantitative estimate of drug-likeness (QED) is 0.190. The van der Waals surface area contributed by atoms with Crippen LogP contribution < -0.4 is 4.74 Å². The SMILES string of the molecule is Cc1cc(C(C)(C)C)cc(C)c1-c1cnn(-c2cccc(Oc3ccc4c5ccccc5n(-c5cc(C(C)C)ccn5)c4c3)c2)c1. The lowest BCUT2D eigenvalue weighted by Gasteiger charge is -2.22. The highest BCUT2D eigenvalue weighted by Crippen LogP contribution is 2.36. The van der Waals surface area contributed by atoms with Crippen LogP contribution in [0.25, 0.3) is 44.4 Å². The Bertz CT molecular complexity index is 2200. The summed E-state index contributed by atoms with van der Waals surface area (Å²) in [6.07, 6.45) is 5.96. The summed E-state index contributed by atoms with van der Waals surface area (Å²) < 4.78 is 10.7. The van der Waals surface area contributed by atoms with Gasteiger partial charge in [0.1, 0.15) is 17.3 Å². The molecule has 5 heteroatoms. The van der Waals surface area contributed by atoms with Crippen molar-refractivity contribution in [2.45, 2.75) is 59.8 Å². The third-order valence-corrected chi connectivity index (χ3v) is 8.90. The molecule has 0 aliphatic carbocycles. The molecule has 4 aromatic carbocycles. The van der Waals surface area contributed by atoms with E-state index >= 15 is 0 Å². The summed E-state index contributed by atoms with van der Waals surface area (Å²) in [5, 5.41) is 7.10. The molecule has 0 aliphatic rings. The molecule has 0 saturated heterocycles. The summed E-state index contributed by atoms with van der Waals surface area (Å²) in [6, 6.07) is 31.8. The molecule has 0 unspecified atom stereocenters. The number of fused-ring (bicyclic) bond motifs is 3. The molecule has 0 spiro atoms. The van der Waals surface area contributed by atoms with E-state index in [1.54, 1.807) is 0 Å². The molecule has 7 rings (SSSR count). The van der Waals surface area contributed by atoms with Gasteiger partial charge in [0.05, 0.1) is 22.9 Å². The smallest absolute Gasteiger partial charge is 0.137 e. The number of rotatable bonds is 6. The minimum Gasteiger partial charge on any atom is -0.457 e. The molecule has 3 heterocycles. The van der Waals surface area contributed by atoms with Crippen molar-refractivity contribution in [3.63, 3.8) is 0 Å². The Hall–Kier alpha value is -5.16. The summed E-state index contributed by atoms with van der Waals surface area (Å²) in [6.45, 7) is 15.6. The van der Waals surface area contributed by atoms with E-state index in [4.69, 9.17) is 14.8 Å². The second-order valence-electron chi connectivity index (χ2n) is 13.6. The van der Waals surface area contributed by atoms with Crippen LogP contribution in [0.5, 0.6) is 11.5 Å². The molecule has 0 N–H and O–H groups in total. The summed E-state index contributed by atoms with van der Waals surface area (Å²) in [7, 11) is 0. The number of benzene rings is 4. The number of aromatic nitrogens is 4. The zero-order valence-corrected chi connectivity index (χ0v) is 27.7. The Morgan fingerprint density at radius 2 is 1.48 bits per heavy atom. The molecule has 5 nitrogen and oxygen atoms in total. The van der Waals surface area contributed by atoms with Gasteiger partial charge in [-0.15, -0.1) is 0 Å². The average Bonchev–Trinajstić information content (AvgIpc) is 3.63. The van der Waals surface area contributed by atoms with Gasteiger partial charge >= 0.3 is 0 Å². The monoisotopic (exact) mass is 604 g/mol. The van der Waals surface area contributed by atoms with Crippen molar-refractivity contribution in [2.75, 3.05) is 0 Å². The maximum atomic E-state index is 6.50. The van der Waals surface area contributed by atoms with Crippen molar-refractivity contribution in [1.82, 2.24) is 19.3 Å². The third-order valence-electron chi connectivity index (χ3n) is 8.90. The van der Waals surface area contributed by atoms with Crippen LogP contribution >= 0.6 is 0 Å². The van der Waals surface area contributed by atoms with Crippen LogP contribution in [-0.2, 0) is 5.41 Å². The maximum Gasteiger partial charge on any atom is 0.137 e. The topological polar surface area (TPSA) is 44.9 Å². The fourth-order valence-electron chi connectivity index (χ4n) is 6.45. The number of ether oxygens (including phenoxy) is 1. The Balaban J connectivity index is 1.23. The predicted octanol–water partition coefficient (Wildman–Crippen LogP) is 10.9. The van der Waals surface area contributed by atoms with Crippen molar-refractivity contribution in [1.29, 1.82) is 0 Å². The first kappa shape index (κ1) is 29.5. The molecule has 0 bridgehead atoms. The molecular formula is C41H40N4O. The van der Waals surface area contributed by atoms with Crippen LogP contribution in [0, 0.1) is 13.8 Å². The molecular weight excluding hydrogens is 564 g/mol. The van der Waals surface area contributed by atoms with Gasteiger partial charge in [0.15, 0.2) is 0 Å². The number of hydrogen-bond acceptors (Lipinski definition) is 3. The first-order chi connectivity index (χ1) is 22.1. The summed E-state index contributed by atoms with van der Waals surface area (Å²) in [4.78, 5) is 4.79. The van der Waals surface area contributed by atoms with Gasteiger partial charge in [-0.1, -0.05) is 71.0 Å². The minimum atomic E-state index is 0.107. The van der Waals surface area contributed by atoms with E-state index < -0.39 is 0 Å². The summed E-state index contributed by atoms with van der Waals surface area (Å²) in [5.74, 6) is 2.83. The lowest BCUT2D eigenvalue weighted by atomic mass is 9.83. The zero-order valence-electron chi connectivity index (χ0n) is 27.7. The Kier molecular flexibility index (Phi) is 7.28. The fourth-order valence-corrected chi connectivity index (χ4v) is 6.45. The van der Waals surface area contributed by atoms with Crippen molar-refractivity contribution in [2.24, 2.45) is 0 Å². The highest BCUT2D eigenvalue weighted by atomic mass is 16.5. The van der Waals surface area contributed by atoms with Crippen LogP contribution in [0.4, 0.5) is 0 Å². The molecule has 46 heavy (non-hydrogen) atoms. The average molecular weight is 605 g/mol. The van der Waals surface area contributed by atoms with Crippen LogP contribution in [-0.4, -0.2) is 19.3 Å². The largest absolute Gasteiger partial charge is 0.457 e. The van der Waals surface area contributed by atoms with Crippen molar-refractivity contribution < 1.29 is 4.74 Å². The molecule has 0 atom stereocenters. The maximum absolute atomic E-state index is 6.50. The summed E-state index contributed by atoms with van der Waals surface area (Å²) >= 11 is 0. The molecule has 230 valence electrons. The Labute approximate surface area is 271 Å². The van der Waals surface area contributed by atoms with E-state index in [9.17, 15) is 0 Å². The van der Waals surface area contributed by atoms with Gasteiger partial charge in [0, 0.05) is 40.9 Å². The minimum absolute atomic E-state index is 0.107. The highest BCUT2D eigenvalue weighted by Gasteiger charge is 2.18. The highest BCUT2D eigenvalue weighted by molar-refractivity contribution is 6.09. The first-order valence-corrected chi connectivity index (χ1v) is 16.0. The summed E-state index contributed by atoms with van der Waals surface area (Å²) in [5.41, 5.74) is 10.7. The molecule has 7 aromatic rings. The fraction of sp³-hybridized carbons (Fsp3) is 0.220. The second-order valence-corrected chi connectivity index (χ2v) is 13.6. The van der Waals surface area contributed by atoms with E-state index in [0.717, 1.165) is 39.6 Å². The van der Waals surface area contributed by atoms with Gasteiger partial charge in [0.25, 0.3) is 0 Å². The molecule has 0 saturated carbocycles. The lowest BCUT2D eigenvalue weighted by molar-refractivity contribution is 0.483. The molecule has 0 radical (unpaired) electrons. The van der Waals surface area contributed by atoms with E-state index in [1.807, 2.05) is 41.3 Å². The van der Waals surface area contributed by atoms with Crippen LogP contribution in [0.15, 0.2) is 110 Å². The molecule has 3 aromatic heterocycles. The van der Waals surface area contributed by atoms with E-state index in [2.05, 4.69) is 126 Å². The lowest BCUT2D eigenvalue weighted by Crippen LogP contribution is -2.12. The molecule has 0 aliphatic heterocycles. The predicted molar refractivity (Wildman–Crippen MR) is 190 cm³/mol. The van der Waals surface area contributed by atoms with Gasteiger partial charge in [-0.05, 0) is 95.5 Å². The van der Waals surface area contributed by atoms with E-state index in [1.165, 1.54) is 38.6 Å². The second kappa shape index (κ2) is 11.3. The number of pyridine rings is 1. The van der Waals surface area contributed by atoms with Gasteiger partial charge in [0.2, 0.25) is 0 Å². The van der Waals surface area contributed by atoms with Crippen LogP contribution in [0.2, 0.25) is 0 Å². The van der Waals surface area contributed by atoms with Crippen molar-refractivity contribution in [3.05, 3.63) is 132 Å². The Morgan fingerprint density at radius 3 is 2.24 bits per heavy atom. The number of hydrogen-bond donors (Lipinski definition) is 0. The zero-order chi connectivity index (χ0) is 32.2. The van der Waals surface area contributed by atoms with Gasteiger partial charge in [-0.25, -0.2) is 9.67 Å². The van der Waals surface area contributed by atoms with Gasteiger partial charge in [-0.2, -0.15) is 5.10 Å². The van der Waals surface area contributed by atoms with Crippen molar-refractivity contribution in [3.8, 4) is 34.1 Å². The number of nitrogens with zero attached hydrogens (tertiary/aromatic N) is 4. The molecule has 0 amide bonds. The van der Waals surface area contributed by atoms with Gasteiger partial charge < -0.3 is 4.74 Å².